The number of hydrogen-bond acceptors (Lipinski definition) is 8. The summed E-state index contributed by atoms with van der Waals surface area (Å²) in [6.07, 6.45) is 5.24. The summed E-state index contributed by atoms with van der Waals surface area (Å²) in [5, 5.41) is 6.78. The maximum atomic E-state index is 15.2. The van der Waals surface area contributed by atoms with E-state index in [0.717, 1.165) is 11.3 Å². The van der Waals surface area contributed by atoms with E-state index in [9.17, 15) is 18.4 Å². The van der Waals surface area contributed by atoms with Crippen LogP contribution >= 0.6 is 0 Å². The lowest BCUT2D eigenvalue weighted by atomic mass is 10.0. The number of anilines is 1. The molecule has 1 fully saturated rings. The van der Waals surface area contributed by atoms with Crippen molar-refractivity contribution < 1.29 is 32.2 Å². The first-order valence-electron chi connectivity index (χ1n) is 14.2. The quantitative estimate of drug-likeness (QED) is 0.0673. The van der Waals surface area contributed by atoms with E-state index in [2.05, 4.69) is 11.9 Å². The zero-order chi connectivity index (χ0) is 32.8. The zero-order valence-corrected chi connectivity index (χ0v) is 25.1. The second-order valence-corrected chi connectivity index (χ2v) is 10.1. The van der Waals surface area contributed by atoms with E-state index in [1.807, 2.05) is 41.7 Å². The van der Waals surface area contributed by atoms with Crippen molar-refractivity contribution in [2.75, 3.05) is 38.2 Å². The zero-order valence-electron chi connectivity index (χ0n) is 25.1. The molecule has 1 aliphatic rings. The van der Waals surface area contributed by atoms with Crippen LogP contribution in [0.3, 0.4) is 0 Å². The van der Waals surface area contributed by atoms with Gasteiger partial charge in [-0.2, -0.15) is 8.78 Å². The first kappa shape index (κ1) is 34.7. The van der Waals surface area contributed by atoms with Gasteiger partial charge < -0.3 is 30.8 Å². The van der Waals surface area contributed by atoms with Crippen LogP contribution < -0.4 is 31.8 Å². The normalized spacial score (nSPS) is 15.5. The summed E-state index contributed by atoms with van der Waals surface area (Å²) in [4.78, 5) is 24.6. The van der Waals surface area contributed by atoms with Gasteiger partial charge in [-0.25, -0.2) is 15.0 Å². The van der Waals surface area contributed by atoms with E-state index in [1.54, 1.807) is 37.6 Å². The number of ether oxygens (including phenoxy) is 2. The molecule has 242 valence electrons. The third-order valence-corrected chi connectivity index (χ3v) is 6.68. The van der Waals surface area contributed by atoms with Crippen LogP contribution in [0.2, 0.25) is 0 Å². The lowest BCUT2D eigenvalue weighted by Gasteiger charge is -2.15. The molecule has 0 spiro atoms. The maximum absolute atomic E-state index is 15.2. The van der Waals surface area contributed by atoms with Crippen LogP contribution in [0.5, 0.6) is 5.75 Å². The van der Waals surface area contributed by atoms with Crippen LogP contribution in [-0.2, 0) is 16.1 Å². The molecule has 2 amide bonds. The summed E-state index contributed by atoms with van der Waals surface area (Å²) in [7, 11) is 1.61. The number of allylic oxidation sites excluding steroid dienone is 4. The van der Waals surface area contributed by atoms with Crippen LogP contribution in [0.4, 0.5) is 23.7 Å². The molecular weight excluding hydrogens is 589 g/mol. The molecule has 0 bridgehead atoms. The van der Waals surface area contributed by atoms with Gasteiger partial charge in [-0.05, 0) is 60.9 Å². The van der Waals surface area contributed by atoms with Gasteiger partial charge >= 0.3 is 12.5 Å². The number of nitrogens with zero attached hydrogens (tertiary/aromatic N) is 2. The van der Waals surface area contributed by atoms with Crippen LogP contribution in [0.1, 0.15) is 24.0 Å². The van der Waals surface area contributed by atoms with Gasteiger partial charge in [-0.15, -0.1) is 0 Å². The molecule has 1 aliphatic heterocycles. The van der Waals surface area contributed by atoms with Gasteiger partial charge in [0.15, 0.2) is 0 Å². The number of amides is 2. The Hall–Kier alpha value is -4.75. The van der Waals surface area contributed by atoms with E-state index in [-0.39, 0.29) is 18.8 Å². The van der Waals surface area contributed by atoms with Gasteiger partial charge in [0.25, 0.3) is 5.91 Å². The number of carbonyl (C=O) groups excluding carboxylic acids is 2. The minimum atomic E-state index is -3.17. The second-order valence-electron chi connectivity index (χ2n) is 10.1. The highest BCUT2D eigenvalue weighted by atomic mass is 19.3. The topological polar surface area (TPSA) is 135 Å². The molecule has 1 heterocycles. The fraction of sp³-hybridized carbons (Fsp3) is 0.312. The molecule has 1 atom stereocenters. The van der Waals surface area contributed by atoms with Gasteiger partial charge in [0.05, 0.1) is 32.4 Å². The van der Waals surface area contributed by atoms with Crippen LogP contribution in [-0.4, -0.2) is 62.8 Å². The lowest BCUT2D eigenvalue weighted by molar-refractivity contribution is -0.132. The molecule has 2 aromatic carbocycles. The van der Waals surface area contributed by atoms with Gasteiger partial charge in [-0.3, -0.25) is 9.69 Å². The molecule has 1 unspecified atom stereocenters. The standard InChI is InChI=1S/C32H39F3N6O4/c1-3-7-23(8-5-4-6-15-38-17-24(36)20-40(37)19-22-9-12-26(44-2)13-10-22)28-14-11-25(16-29(28)33)41-21-27(45-32(41)43)18-39-31(42)30(34)35/h3-5,7,9-14,16,20,27,30,38H,1,6,8,15,17-19,21,36-37H2,2H3,(H,39,42)/b5-4-,23-7+,24-20-. The fourth-order valence-electron chi connectivity index (χ4n) is 4.46. The number of carbonyl (C=O) groups is 2. The molecule has 10 nitrogen and oxygen atoms in total. The number of nitrogens with one attached hydrogen (secondary N) is 2. The minimum Gasteiger partial charge on any atom is -0.497 e. The second kappa shape index (κ2) is 17.5. The number of nitrogens with two attached hydrogens (primary N) is 2. The smallest absolute Gasteiger partial charge is 0.414 e. The Morgan fingerprint density at radius 3 is 2.67 bits per heavy atom. The molecule has 0 aromatic heterocycles. The number of hydrazine groups is 1. The summed E-state index contributed by atoms with van der Waals surface area (Å²) in [5.41, 5.74) is 8.96. The first-order chi connectivity index (χ1) is 21.6. The van der Waals surface area contributed by atoms with Crippen LogP contribution in [0, 0.1) is 5.82 Å². The molecule has 6 N–H and O–H groups in total. The van der Waals surface area contributed by atoms with Crippen molar-refractivity contribution in [1.82, 2.24) is 15.6 Å². The Balaban J connectivity index is 1.45. The molecular formula is C32H39F3N6O4. The van der Waals surface area contributed by atoms with Crippen LogP contribution in [0.25, 0.3) is 5.57 Å². The van der Waals surface area contributed by atoms with E-state index in [0.29, 0.717) is 49.3 Å². The van der Waals surface area contributed by atoms with Gasteiger partial charge in [-0.1, -0.05) is 43.0 Å². The van der Waals surface area contributed by atoms with Gasteiger partial charge in [0, 0.05) is 24.0 Å². The van der Waals surface area contributed by atoms with E-state index < -0.39 is 30.3 Å². The monoisotopic (exact) mass is 628 g/mol. The lowest BCUT2D eigenvalue weighted by Crippen LogP contribution is -2.37. The summed E-state index contributed by atoms with van der Waals surface area (Å²) < 4.78 is 50.2. The van der Waals surface area contributed by atoms with E-state index in [1.165, 1.54) is 16.0 Å². The Bertz CT molecular complexity index is 1400. The summed E-state index contributed by atoms with van der Waals surface area (Å²) >= 11 is 0. The Morgan fingerprint density at radius 1 is 1.24 bits per heavy atom. The molecule has 0 aliphatic carbocycles. The summed E-state index contributed by atoms with van der Waals surface area (Å²) in [5.74, 6) is 4.82. The molecule has 13 heteroatoms. The van der Waals surface area contributed by atoms with Crippen molar-refractivity contribution in [3.8, 4) is 5.75 Å². The number of cyclic esters (lactones) is 1. The predicted octanol–water partition coefficient (Wildman–Crippen LogP) is 4.21. The highest BCUT2D eigenvalue weighted by molar-refractivity contribution is 5.90. The predicted molar refractivity (Wildman–Crippen MR) is 167 cm³/mol. The SMILES string of the molecule is C=C/C=C(\C/C=C\CCNC/C(N)=C/N(N)Cc1ccc(OC)cc1)c1ccc(N2CC(CNC(=O)C(F)F)OC2=O)cc1F. The molecule has 45 heavy (non-hydrogen) atoms. The van der Waals surface area contributed by atoms with E-state index in [4.69, 9.17) is 21.1 Å². The summed E-state index contributed by atoms with van der Waals surface area (Å²) in [6, 6.07) is 11.9. The Kier molecular flexibility index (Phi) is 13.5. The average Bonchev–Trinajstić information content (AvgIpc) is 3.39. The molecule has 3 rings (SSSR count). The van der Waals surface area contributed by atoms with Crippen molar-refractivity contribution in [1.29, 1.82) is 0 Å². The van der Waals surface area contributed by atoms with Gasteiger partial charge in [0.2, 0.25) is 0 Å². The average molecular weight is 629 g/mol. The molecule has 0 radical (unpaired) electrons. The van der Waals surface area contributed by atoms with E-state index >= 15 is 4.39 Å². The van der Waals surface area contributed by atoms with Crippen molar-refractivity contribution in [2.45, 2.75) is 31.9 Å². The number of hydrogen-bond donors (Lipinski definition) is 4. The number of benzene rings is 2. The molecule has 0 saturated carbocycles. The third-order valence-electron chi connectivity index (χ3n) is 6.68. The van der Waals surface area contributed by atoms with Gasteiger partial charge in [0.1, 0.15) is 17.7 Å². The highest BCUT2D eigenvalue weighted by Crippen LogP contribution is 2.28. The van der Waals surface area contributed by atoms with Crippen molar-refractivity contribution in [2.24, 2.45) is 11.6 Å². The number of halogens is 3. The fourth-order valence-corrected chi connectivity index (χ4v) is 4.46. The Morgan fingerprint density at radius 2 is 2.00 bits per heavy atom. The molecule has 2 aromatic rings. The Labute approximate surface area is 260 Å². The number of alkyl halides is 2. The van der Waals surface area contributed by atoms with Crippen molar-refractivity contribution >= 4 is 23.3 Å². The van der Waals surface area contributed by atoms with Crippen LogP contribution in [0.15, 0.2) is 85.2 Å². The van der Waals surface area contributed by atoms with Crippen molar-refractivity contribution in [3.05, 3.63) is 102 Å². The summed E-state index contributed by atoms with van der Waals surface area (Å²) in [6.45, 7) is 5.03. The third kappa shape index (κ3) is 11.0. The largest absolute Gasteiger partial charge is 0.497 e. The number of rotatable bonds is 17. The maximum Gasteiger partial charge on any atom is 0.414 e. The minimum absolute atomic E-state index is 0.0249. The molecule has 1 saturated heterocycles. The first-order valence-corrected chi connectivity index (χ1v) is 14.2. The van der Waals surface area contributed by atoms with Crippen molar-refractivity contribution in [3.63, 3.8) is 0 Å². The highest BCUT2D eigenvalue weighted by Gasteiger charge is 2.33. The number of methoxy groups -OCH3 is 1.